The maximum absolute atomic E-state index is 6.23. The smallest absolute Gasteiger partial charge is 0.0410 e. The molecule has 1 aromatic heterocycles. The van der Waals surface area contributed by atoms with Crippen LogP contribution >= 0.6 is 31.9 Å². The molecule has 0 spiro atoms. The average Bonchev–Trinajstić information content (AvgIpc) is 2.32. The van der Waals surface area contributed by atoms with Crippen molar-refractivity contribution in [3.05, 3.63) is 62.3 Å². The number of nitrogens with zero attached hydrogens (tertiary/aromatic N) is 1. The molecule has 1 unspecified atom stereocenters. The maximum Gasteiger partial charge on any atom is 0.0410 e. The Balaban J connectivity index is 2.16. The summed E-state index contributed by atoms with van der Waals surface area (Å²) in [5.41, 5.74) is 9.71. The number of aryl methyl sites for hydroxylation is 1. The summed E-state index contributed by atoms with van der Waals surface area (Å²) in [6, 6.07) is 8.29. The minimum atomic E-state index is -0.0157. The van der Waals surface area contributed by atoms with Crippen molar-refractivity contribution >= 4 is 31.9 Å². The normalized spacial score (nSPS) is 12.4. The van der Waals surface area contributed by atoms with Crippen molar-refractivity contribution in [3.8, 4) is 0 Å². The van der Waals surface area contributed by atoms with Gasteiger partial charge >= 0.3 is 0 Å². The van der Waals surface area contributed by atoms with Gasteiger partial charge in [-0.05, 0) is 58.1 Å². The number of benzene rings is 1. The molecular formula is C14H14Br2N2. The van der Waals surface area contributed by atoms with Gasteiger partial charge in [0.1, 0.15) is 0 Å². The van der Waals surface area contributed by atoms with E-state index in [0.717, 1.165) is 26.5 Å². The third-order valence-electron chi connectivity index (χ3n) is 2.84. The summed E-state index contributed by atoms with van der Waals surface area (Å²) in [4.78, 5) is 4.15. The van der Waals surface area contributed by atoms with Crippen molar-refractivity contribution in [1.29, 1.82) is 0 Å². The van der Waals surface area contributed by atoms with Gasteiger partial charge in [0.05, 0.1) is 0 Å². The number of nitrogens with two attached hydrogens (primary N) is 1. The van der Waals surface area contributed by atoms with Crippen LogP contribution in [0.15, 0.2) is 45.6 Å². The van der Waals surface area contributed by atoms with Crippen molar-refractivity contribution in [1.82, 2.24) is 4.98 Å². The van der Waals surface area contributed by atoms with E-state index >= 15 is 0 Å². The largest absolute Gasteiger partial charge is 0.324 e. The predicted molar refractivity (Wildman–Crippen MR) is 81.4 cm³/mol. The van der Waals surface area contributed by atoms with E-state index in [4.69, 9.17) is 5.73 Å². The molecule has 1 aromatic carbocycles. The van der Waals surface area contributed by atoms with Gasteiger partial charge in [0.25, 0.3) is 0 Å². The Morgan fingerprint density at radius 1 is 1.22 bits per heavy atom. The molecule has 1 heterocycles. The summed E-state index contributed by atoms with van der Waals surface area (Å²) in [6.45, 7) is 2.07. The fraction of sp³-hybridized carbons (Fsp3) is 0.214. The molecule has 4 heteroatoms. The molecule has 0 amide bonds. The van der Waals surface area contributed by atoms with Crippen LogP contribution in [0.1, 0.15) is 22.7 Å². The molecule has 0 aliphatic rings. The van der Waals surface area contributed by atoms with Gasteiger partial charge < -0.3 is 5.73 Å². The van der Waals surface area contributed by atoms with Crippen molar-refractivity contribution < 1.29 is 0 Å². The minimum absolute atomic E-state index is 0.0157. The summed E-state index contributed by atoms with van der Waals surface area (Å²) in [7, 11) is 0. The summed E-state index contributed by atoms with van der Waals surface area (Å²) in [6.07, 6.45) is 4.41. The van der Waals surface area contributed by atoms with Crippen LogP contribution in [0.5, 0.6) is 0 Å². The van der Waals surface area contributed by atoms with Crippen molar-refractivity contribution in [2.75, 3.05) is 0 Å². The number of hydrogen-bond acceptors (Lipinski definition) is 2. The van der Waals surface area contributed by atoms with Gasteiger partial charge in [-0.3, -0.25) is 4.98 Å². The molecule has 0 radical (unpaired) electrons. The highest BCUT2D eigenvalue weighted by atomic mass is 79.9. The highest BCUT2D eigenvalue weighted by Gasteiger charge is 2.09. The van der Waals surface area contributed by atoms with Crippen LogP contribution < -0.4 is 5.73 Å². The van der Waals surface area contributed by atoms with Gasteiger partial charge in [0.2, 0.25) is 0 Å². The van der Waals surface area contributed by atoms with E-state index in [-0.39, 0.29) is 6.04 Å². The fourth-order valence-electron chi connectivity index (χ4n) is 1.78. The quantitative estimate of drug-likeness (QED) is 0.882. The number of hydrogen-bond donors (Lipinski definition) is 1. The minimum Gasteiger partial charge on any atom is -0.324 e. The number of pyridine rings is 1. The van der Waals surface area contributed by atoms with Crippen LogP contribution in [0.2, 0.25) is 0 Å². The molecule has 0 bridgehead atoms. The van der Waals surface area contributed by atoms with Gasteiger partial charge in [-0.15, -0.1) is 0 Å². The monoisotopic (exact) mass is 368 g/mol. The number of rotatable bonds is 3. The number of aromatic nitrogens is 1. The van der Waals surface area contributed by atoms with Crippen LogP contribution in [0.4, 0.5) is 0 Å². The van der Waals surface area contributed by atoms with E-state index in [9.17, 15) is 0 Å². The van der Waals surface area contributed by atoms with E-state index in [0.29, 0.717) is 0 Å². The van der Waals surface area contributed by atoms with Gasteiger partial charge in [-0.1, -0.05) is 28.1 Å². The molecule has 0 saturated carbocycles. The van der Waals surface area contributed by atoms with E-state index in [1.165, 1.54) is 5.56 Å². The van der Waals surface area contributed by atoms with Gasteiger partial charge in [-0.25, -0.2) is 0 Å². The topological polar surface area (TPSA) is 38.9 Å². The highest BCUT2D eigenvalue weighted by molar-refractivity contribution is 9.10. The first kappa shape index (κ1) is 13.7. The zero-order chi connectivity index (χ0) is 13.1. The molecular weight excluding hydrogens is 356 g/mol. The zero-order valence-corrected chi connectivity index (χ0v) is 13.2. The molecule has 94 valence electrons. The molecule has 0 aliphatic heterocycles. The molecule has 18 heavy (non-hydrogen) atoms. The predicted octanol–water partition coefficient (Wildman–Crippen LogP) is 4.16. The lowest BCUT2D eigenvalue weighted by Gasteiger charge is -2.13. The zero-order valence-electron chi connectivity index (χ0n) is 10.0. The highest BCUT2D eigenvalue weighted by Crippen LogP contribution is 2.23. The fourth-order valence-corrected chi connectivity index (χ4v) is 2.59. The molecule has 1 atom stereocenters. The van der Waals surface area contributed by atoms with Crippen molar-refractivity contribution in [2.24, 2.45) is 5.73 Å². The SMILES string of the molecule is Cc1ccc(C(N)Cc2cncc(Br)c2)cc1Br. The Labute approximate surface area is 124 Å². The first-order valence-electron chi connectivity index (χ1n) is 5.67. The first-order valence-corrected chi connectivity index (χ1v) is 7.26. The average molecular weight is 370 g/mol. The standard InChI is InChI=1S/C14H14Br2N2/c1-9-2-3-11(6-13(9)16)14(17)5-10-4-12(15)8-18-7-10/h2-4,6-8,14H,5,17H2,1H3. The third-order valence-corrected chi connectivity index (χ3v) is 4.13. The molecule has 0 saturated heterocycles. The lowest BCUT2D eigenvalue weighted by molar-refractivity contribution is 0.718. The van der Waals surface area contributed by atoms with Crippen molar-refractivity contribution in [2.45, 2.75) is 19.4 Å². The van der Waals surface area contributed by atoms with Crippen LogP contribution in [-0.4, -0.2) is 4.98 Å². The lowest BCUT2D eigenvalue weighted by Crippen LogP contribution is -2.13. The molecule has 0 fully saturated rings. The second-order valence-electron chi connectivity index (χ2n) is 4.33. The maximum atomic E-state index is 6.23. The summed E-state index contributed by atoms with van der Waals surface area (Å²) in [5, 5.41) is 0. The summed E-state index contributed by atoms with van der Waals surface area (Å²) >= 11 is 6.95. The Morgan fingerprint density at radius 2 is 2.00 bits per heavy atom. The Kier molecular flexibility index (Phi) is 4.54. The second-order valence-corrected chi connectivity index (χ2v) is 6.10. The van der Waals surface area contributed by atoms with E-state index in [2.05, 4.69) is 68.0 Å². The molecule has 2 N–H and O–H groups in total. The van der Waals surface area contributed by atoms with Gasteiger partial charge in [-0.2, -0.15) is 0 Å². The number of halogens is 2. The van der Waals surface area contributed by atoms with Crippen LogP contribution in [-0.2, 0) is 6.42 Å². The second kappa shape index (κ2) is 5.95. The van der Waals surface area contributed by atoms with E-state index in [1.807, 2.05) is 6.20 Å². The van der Waals surface area contributed by atoms with Crippen LogP contribution in [0, 0.1) is 6.92 Å². The summed E-state index contributed by atoms with van der Waals surface area (Å²) < 4.78 is 2.08. The van der Waals surface area contributed by atoms with Crippen molar-refractivity contribution in [3.63, 3.8) is 0 Å². The molecule has 2 rings (SSSR count). The molecule has 2 nitrogen and oxygen atoms in total. The lowest BCUT2D eigenvalue weighted by atomic mass is 10.00. The van der Waals surface area contributed by atoms with Gasteiger partial charge in [0, 0.05) is 27.4 Å². The van der Waals surface area contributed by atoms with E-state index < -0.39 is 0 Å². The molecule has 0 aliphatic carbocycles. The summed E-state index contributed by atoms with van der Waals surface area (Å²) in [5.74, 6) is 0. The Morgan fingerprint density at radius 3 is 2.67 bits per heavy atom. The Bertz CT molecular complexity index is 555. The first-order chi connectivity index (χ1) is 8.56. The van der Waals surface area contributed by atoms with Gasteiger partial charge in [0.15, 0.2) is 0 Å². The van der Waals surface area contributed by atoms with Crippen LogP contribution in [0.25, 0.3) is 0 Å². The third kappa shape index (κ3) is 3.40. The molecule has 2 aromatic rings. The van der Waals surface area contributed by atoms with Crippen LogP contribution in [0.3, 0.4) is 0 Å². The van der Waals surface area contributed by atoms with E-state index in [1.54, 1.807) is 6.20 Å². The Hall–Kier alpha value is -0.710.